The molecule has 1 aromatic carbocycles. The van der Waals surface area contributed by atoms with Crippen molar-refractivity contribution < 1.29 is 23.9 Å². The summed E-state index contributed by atoms with van der Waals surface area (Å²) in [7, 11) is 0. The first-order valence-corrected chi connectivity index (χ1v) is 14.2. The van der Waals surface area contributed by atoms with Gasteiger partial charge >= 0.3 is 12.1 Å². The summed E-state index contributed by atoms with van der Waals surface area (Å²) in [6, 6.07) is 7.58. The van der Waals surface area contributed by atoms with Crippen molar-refractivity contribution in [2.75, 3.05) is 24.7 Å². The Hall–Kier alpha value is -2.13. The minimum atomic E-state index is -0.780. The van der Waals surface area contributed by atoms with Crippen molar-refractivity contribution >= 4 is 52.4 Å². The van der Waals surface area contributed by atoms with Crippen LogP contribution >= 0.6 is 23.5 Å². The number of esters is 1. The second kappa shape index (κ2) is 9.07. The predicted octanol–water partition coefficient (Wildman–Crippen LogP) is 5.00. The summed E-state index contributed by atoms with van der Waals surface area (Å²) in [5.41, 5.74) is 2.07. The van der Waals surface area contributed by atoms with Gasteiger partial charge in [0.15, 0.2) is 4.08 Å². The smallest absolute Gasteiger partial charge is 0.419 e. The third kappa shape index (κ3) is 4.14. The molecule has 0 spiro atoms. The molecule has 0 unspecified atom stereocenters. The lowest BCUT2D eigenvalue weighted by Crippen LogP contribution is -2.51. The van der Waals surface area contributed by atoms with E-state index in [2.05, 4.69) is 0 Å². The molecule has 3 aliphatic heterocycles. The summed E-state index contributed by atoms with van der Waals surface area (Å²) in [6.45, 7) is 8.30. The van der Waals surface area contributed by atoms with Crippen LogP contribution in [-0.2, 0) is 25.5 Å². The molecule has 2 fully saturated rings. The molecule has 0 N–H and O–H groups in total. The highest BCUT2D eigenvalue weighted by Gasteiger charge is 2.55. The van der Waals surface area contributed by atoms with Gasteiger partial charge in [0.1, 0.15) is 5.60 Å². The molecule has 5 rings (SSSR count). The number of carbonyl (C=O) groups is 3. The number of ether oxygens (including phenoxy) is 2. The monoisotopic (exact) mass is 516 g/mol. The lowest BCUT2D eigenvalue weighted by atomic mass is 9.82. The molecule has 2 aromatic rings. The normalized spacial score (nSPS) is 23.7. The maximum absolute atomic E-state index is 13.5. The fourth-order valence-electron chi connectivity index (χ4n) is 5.67. The highest BCUT2D eigenvalue weighted by molar-refractivity contribution is 8.22. The van der Waals surface area contributed by atoms with E-state index in [-0.39, 0.29) is 23.8 Å². The number of piperidine rings is 1. The van der Waals surface area contributed by atoms with Crippen molar-refractivity contribution in [2.45, 2.75) is 62.7 Å². The van der Waals surface area contributed by atoms with E-state index in [0.717, 1.165) is 33.7 Å². The largest absolute Gasteiger partial charge is 0.464 e. The quantitative estimate of drug-likeness (QED) is 0.531. The number of nitrogens with zero attached hydrogens (tertiary/aromatic N) is 2. The molecule has 9 heteroatoms. The SMILES string of the molecule is CCOC(=O)C1([C@H]2CC(=O)N3CCc4c(n(C(=O)OC(C)(C)C)c5ccccc45)[C@H]3C2)SCCS1. The van der Waals surface area contributed by atoms with E-state index in [1.54, 1.807) is 28.1 Å². The van der Waals surface area contributed by atoms with Crippen LogP contribution in [0.3, 0.4) is 0 Å². The summed E-state index contributed by atoms with van der Waals surface area (Å²) in [5.74, 6) is 1.33. The predicted molar refractivity (Wildman–Crippen MR) is 139 cm³/mol. The molecule has 4 heterocycles. The minimum Gasteiger partial charge on any atom is -0.464 e. The van der Waals surface area contributed by atoms with E-state index in [1.807, 2.05) is 56.9 Å². The fourth-order valence-corrected chi connectivity index (χ4v) is 8.96. The molecule has 2 saturated heterocycles. The molecule has 0 saturated carbocycles. The standard InChI is InChI=1S/C26H32N2O5S2/c1-5-32-23(30)26(34-12-13-35-26)16-14-20-22-18(10-11-27(20)21(29)15-16)17-8-6-7-9-19(17)28(22)24(31)33-25(2,3)4/h6-9,16,20H,5,10-15H2,1-4H3/t16-,20-/m1/s1. The number of aromatic nitrogens is 1. The summed E-state index contributed by atoms with van der Waals surface area (Å²) < 4.78 is 12.2. The molecular weight excluding hydrogens is 484 g/mol. The number of thioether (sulfide) groups is 2. The Morgan fingerprint density at radius 2 is 1.89 bits per heavy atom. The zero-order valence-electron chi connectivity index (χ0n) is 20.7. The second-order valence-electron chi connectivity index (χ2n) is 10.3. The number of hydrogen-bond acceptors (Lipinski definition) is 7. The molecule has 0 radical (unpaired) electrons. The molecule has 188 valence electrons. The van der Waals surface area contributed by atoms with Crippen LogP contribution in [-0.4, -0.2) is 61.8 Å². The van der Waals surface area contributed by atoms with Crippen molar-refractivity contribution in [3.8, 4) is 0 Å². The molecule has 2 atom stereocenters. The first-order valence-electron chi connectivity index (χ1n) is 12.3. The van der Waals surface area contributed by atoms with Gasteiger partial charge in [-0.3, -0.25) is 4.79 Å². The number of rotatable bonds is 3. The Kier molecular flexibility index (Phi) is 6.36. The summed E-state index contributed by atoms with van der Waals surface area (Å²) in [6.07, 6.45) is 1.18. The number of carbonyl (C=O) groups excluding carboxylic acids is 3. The number of benzene rings is 1. The average molecular weight is 517 g/mol. The first-order chi connectivity index (χ1) is 16.7. The van der Waals surface area contributed by atoms with Gasteiger partial charge in [-0.25, -0.2) is 14.2 Å². The van der Waals surface area contributed by atoms with Crippen LogP contribution in [0.25, 0.3) is 10.9 Å². The van der Waals surface area contributed by atoms with Gasteiger partial charge in [-0.1, -0.05) is 18.2 Å². The Morgan fingerprint density at radius 1 is 1.17 bits per heavy atom. The minimum absolute atomic E-state index is 0.0367. The van der Waals surface area contributed by atoms with E-state index >= 15 is 0 Å². The molecule has 35 heavy (non-hydrogen) atoms. The maximum atomic E-state index is 13.5. The zero-order valence-corrected chi connectivity index (χ0v) is 22.3. The third-order valence-corrected chi connectivity index (χ3v) is 10.6. The molecular formula is C26H32N2O5S2. The van der Waals surface area contributed by atoms with Gasteiger partial charge in [0.25, 0.3) is 0 Å². The highest BCUT2D eigenvalue weighted by Crippen LogP contribution is 2.56. The number of para-hydroxylation sites is 1. The van der Waals surface area contributed by atoms with E-state index in [9.17, 15) is 14.4 Å². The first kappa shape index (κ1) is 24.6. The Balaban J connectivity index is 1.62. The maximum Gasteiger partial charge on any atom is 0.419 e. The van der Waals surface area contributed by atoms with Crippen LogP contribution in [0.5, 0.6) is 0 Å². The van der Waals surface area contributed by atoms with Crippen molar-refractivity contribution in [1.29, 1.82) is 0 Å². The van der Waals surface area contributed by atoms with E-state index in [1.165, 1.54) is 0 Å². The Morgan fingerprint density at radius 3 is 2.57 bits per heavy atom. The number of amides is 1. The van der Waals surface area contributed by atoms with E-state index in [0.29, 0.717) is 32.4 Å². The van der Waals surface area contributed by atoms with E-state index in [4.69, 9.17) is 9.47 Å². The van der Waals surface area contributed by atoms with Gasteiger partial charge in [0, 0.05) is 35.8 Å². The van der Waals surface area contributed by atoms with Crippen molar-refractivity contribution in [3.05, 3.63) is 35.5 Å². The Bertz CT molecular complexity index is 1180. The van der Waals surface area contributed by atoms with Crippen molar-refractivity contribution in [1.82, 2.24) is 9.47 Å². The lowest BCUT2D eigenvalue weighted by molar-refractivity contribution is -0.147. The molecule has 3 aliphatic rings. The Labute approximate surface area is 214 Å². The van der Waals surface area contributed by atoms with Gasteiger partial charge in [0.05, 0.1) is 23.9 Å². The van der Waals surface area contributed by atoms with Crippen LogP contribution in [0.2, 0.25) is 0 Å². The molecule has 0 bridgehead atoms. The number of hydrogen-bond donors (Lipinski definition) is 0. The molecule has 7 nitrogen and oxygen atoms in total. The van der Waals surface area contributed by atoms with Crippen LogP contribution in [0.15, 0.2) is 24.3 Å². The average Bonchev–Trinajstić information content (AvgIpc) is 3.42. The summed E-state index contributed by atoms with van der Waals surface area (Å²) in [5, 5.41) is 1.02. The molecule has 1 aromatic heterocycles. The number of fused-ring (bicyclic) bond motifs is 5. The van der Waals surface area contributed by atoms with Gasteiger partial charge in [0.2, 0.25) is 5.91 Å². The van der Waals surface area contributed by atoms with Gasteiger partial charge in [-0.2, -0.15) is 0 Å². The highest BCUT2D eigenvalue weighted by atomic mass is 32.2. The molecule has 1 amide bonds. The zero-order chi connectivity index (χ0) is 25.0. The van der Waals surface area contributed by atoms with Crippen LogP contribution < -0.4 is 0 Å². The van der Waals surface area contributed by atoms with E-state index < -0.39 is 15.8 Å². The fraction of sp³-hybridized carbons (Fsp3) is 0.577. The van der Waals surface area contributed by atoms with Crippen molar-refractivity contribution in [2.24, 2.45) is 5.92 Å². The third-order valence-electron chi connectivity index (χ3n) is 6.95. The summed E-state index contributed by atoms with van der Waals surface area (Å²) >= 11 is 3.22. The van der Waals surface area contributed by atoms with Crippen LogP contribution in [0, 0.1) is 5.92 Å². The summed E-state index contributed by atoms with van der Waals surface area (Å²) in [4.78, 5) is 42.1. The van der Waals surface area contributed by atoms with Gasteiger partial charge in [-0.15, -0.1) is 23.5 Å². The van der Waals surface area contributed by atoms with Crippen molar-refractivity contribution in [3.63, 3.8) is 0 Å². The van der Waals surface area contributed by atoms with Crippen LogP contribution in [0.4, 0.5) is 4.79 Å². The molecule has 0 aliphatic carbocycles. The van der Waals surface area contributed by atoms with Crippen LogP contribution in [0.1, 0.15) is 57.8 Å². The lowest BCUT2D eigenvalue weighted by Gasteiger charge is -2.46. The van der Waals surface area contributed by atoms with Gasteiger partial charge in [-0.05, 0) is 52.2 Å². The van der Waals surface area contributed by atoms with Gasteiger partial charge < -0.3 is 14.4 Å². The second-order valence-corrected chi connectivity index (χ2v) is 13.2. The topological polar surface area (TPSA) is 77.8 Å².